The fraction of sp³-hybridized carbons (Fsp3) is 0.600. The van der Waals surface area contributed by atoms with Gasteiger partial charge in [-0.1, -0.05) is 0 Å². The van der Waals surface area contributed by atoms with E-state index in [1.54, 1.807) is 6.20 Å². The van der Waals surface area contributed by atoms with Crippen LogP contribution in [0.25, 0.3) is 0 Å². The average molecular weight is 208 g/mol. The molecule has 0 spiro atoms. The summed E-state index contributed by atoms with van der Waals surface area (Å²) in [6.07, 6.45) is 2.79. The molecule has 3 N–H and O–H groups in total. The van der Waals surface area contributed by atoms with Gasteiger partial charge in [-0.25, -0.2) is 4.98 Å². The maximum absolute atomic E-state index is 5.53. The number of rotatable bonds is 2. The SMILES string of the molecule is CC1OCCC1(C)Nc1ccnc(N)n1. The van der Waals surface area contributed by atoms with Crippen LogP contribution in [0.5, 0.6) is 0 Å². The monoisotopic (exact) mass is 208 g/mol. The van der Waals surface area contributed by atoms with Crippen LogP contribution < -0.4 is 11.1 Å². The number of hydrogen-bond acceptors (Lipinski definition) is 5. The largest absolute Gasteiger partial charge is 0.376 e. The van der Waals surface area contributed by atoms with Crippen LogP contribution in [0.15, 0.2) is 12.3 Å². The maximum atomic E-state index is 5.53. The lowest BCUT2D eigenvalue weighted by Crippen LogP contribution is -2.41. The van der Waals surface area contributed by atoms with Gasteiger partial charge in [0.25, 0.3) is 0 Å². The molecule has 5 nitrogen and oxygen atoms in total. The molecule has 0 bridgehead atoms. The lowest BCUT2D eigenvalue weighted by atomic mass is 9.95. The Morgan fingerprint density at radius 2 is 2.47 bits per heavy atom. The van der Waals surface area contributed by atoms with Crippen molar-refractivity contribution in [1.82, 2.24) is 9.97 Å². The number of nitrogens with one attached hydrogen (secondary N) is 1. The molecule has 2 heterocycles. The van der Waals surface area contributed by atoms with E-state index >= 15 is 0 Å². The molecule has 2 unspecified atom stereocenters. The first-order valence-electron chi connectivity index (χ1n) is 5.08. The Bertz CT molecular complexity index is 357. The highest BCUT2D eigenvalue weighted by Crippen LogP contribution is 2.28. The van der Waals surface area contributed by atoms with E-state index < -0.39 is 0 Å². The van der Waals surface area contributed by atoms with Crippen LogP contribution in [0.4, 0.5) is 11.8 Å². The van der Waals surface area contributed by atoms with Gasteiger partial charge >= 0.3 is 0 Å². The molecule has 1 fully saturated rings. The Balaban J connectivity index is 2.14. The molecule has 0 amide bonds. The first-order chi connectivity index (χ1) is 7.10. The van der Waals surface area contributed by atoms with Crippen LogP contribution in [-0.2, 0) is 4.74 Å². The van der Waals surface area contributed by atoms with E-state index in [4.69, 9.17) is 10.5 Å². The first kappa shape index (κ1) is 10.2. The topological polar surface area (TPSA) is 73.1 Å². The predicted octanol–water partition coefficient (Wildman–Crippen LogP) is 1.04. The van der Waals surface area contributed by atoms with E-state index in [2.05, 4.69) is 29.1 Å². The summed E-state index contributed by atoms with van der Waals surface area (Å²) in [5.41, 5.74) is 5.45. The van der Waals surface area contributed by atoms with Crippen molar-refractivity contribution < 1.29 is 4.74 Å². The third-order valence-electron chi connectivity index (χ3n) is 2.97. The van der Waals surface area contributed by atoms with Crippen molar-refractivity contribution in [3.63, 3.8) is 0 Å². The Morgan fingerprint density at radius 1 is 1.67 bits per heavy atom. The van der Waals surface area contributed by atoms with Crippen molar-refractivity contribution >= 4 is 11.8 Å². The van der Waals surface area contributed by atoms with Gasteiger partial charge in [-0.3, -0.25) is 0 Å². The summed E-state index contributed by atoms with van der Waals surface area (Å²) in [7, 11) is 0. The van der Waals surface area contributed by atoms with E-state index in [-0.39, 0.29) is 17.6 Å². The molecule has 2 rings (SSSR count). The highest BCUT2D eigenvalue weighted by Gasteiger charge is 2.37. The lowest BCUT2D eigenvalue weighted by molar-refractivity contribution is 0.105. The smallest absolute Gasteiger partial charge is 0.221 e. The molecule has 5 heteroatoms. The Labute approximate surface area is 89.1 Å². The Morgan fingerprint density at radius 3 is 3.07 bits per heavy atom. The molecule has 1 saturated heterocycles. The Hall–Kier alpha value is -1.36. The number of nitrogen functional groups attached to an aromatic ring is 1. The molecule has 1 aliphatic heterocycles. The number of hydrogen-bond donors (Lipinski definition) is 2. The minimum Gasteiger partial charge on any atom is -0.376 e. The van der Waals surface area contributed by atoms with E-state index in [1.807, 2.05) is 6.07 Å². The Kier molecular flexibility index (Phi) is 2.48. The fourth-order valence-corrected chi connectivity index (χ4v) is 1.74. The molecule has 0 radical (unpaired) electrons. The van der Waals surface area contributed by atoms with Crippen LogP contribution in [0, 0.1) is 0 Å². The molecule has 1 aromatic rings. The number of ether oxygens (including phenoxy) is 1. The van der Waals surface area contributed by atoms with Gasteiger partial charge < -0.3 is 15.8 Å². The highest BCUT2D eigenvalue weighted by atomic mass is 16.5. The van der Waals surface area contributed by atoms with Crippen molar-refractivity contribution in [3.05, 3.63) is 12.3 Å². The van der Waals surface area contributed by atoms with Crippen LogP contribution in [-0.4, -0.2) is 28.2 Å². The van der Waals surface area contributed by atoms with E-state index in [0.29, 0.717) is 0 Å². The molecule has 82 valence electrons. The highest BCUT2D eigenvalue weighted by molar-refractivity contribution is 5.40. The average Bonchev–Trinajstić information content (AvgIpc) is 2.47. The van der Waals surface area contributed by atoms with Crippen LogP contribution in [0.3, 0.4) is 0 Å². The van der Waals surface area contributed by atoms with Crippen LogP contribution in [0.1, 0.15) is 20.3 Å². The standard InChI is InChI=1S/C10H16N4O/c1-7-10(2,4-6-15-7)14-8-3-5-12-9(11)13-8/h3,5,7H,4,6H2,1-2H3,(H3,11,12,13,14). The number of aromatic nitrogens is 2. The number of anilines is 2. The second-order valence-corrected chi connectivity index (χ2v) is 4.11. The van der Waals surface area contributed by atoms with Gasteiger partial charge in [-0.15, -0.1) is 0 Å². The summed E-state index contributed by atoms with van der Waals surface area (Å²) < 4.78 is 5.53. The summed E-state index contributed by atoms with van der Waals surface area (Å²) in [5, 5.41) is 3.35. The van der Waals surface area contributed by atoms with Gasteiger partial charge in [0, 0.05) is 12.8 Å². The summed E-state index contributed by atoms with van der Waals surface area (Å²) in [6, 6.07) is 1.81. The summed E-state index contributed by atoms with van der Waals surface area (Å²) in [4.78, 5) is 7.97. The van der Waals surface area contributed by atoms with Gasteiger partial charge in [0.1, 0.15) is 5.82 Å². The zero-order valence-corrected chi connectivity index (χ0v) is 9.03. The first-order valence-corrected chi connectivity index (χ1v) is 5.08. The number of nitrogens with zero attached hydrogens (tertiary/aromatic N) is 2. The minimum absolute atomic E-state index is 0.0687. The second-order valence-electron chi connectivity index (χ2n) is 4.11. The van der Waals surface area contributed by atoms with E-state index in [0.717, 1.165) is 18.8 Å². The maximum Gasteiger partial charge on any atom is 0.221 e. The molecule has 0 saturated carbocycles. The molecular formula is C10H16N4O. The lowest BCUT2D eigenvalue weighted by Gasteiger charge is -2.29. The molecule has 0 aliphatic carbocycles. The zero-order chi connectivity index (χ0) is 10.9. The second kappa shape index (κ2) is 3.66. The molecule has 1 aromatic heterocycles. The zero-order valence-electron chi connectivity index (χ0n) is 9.03. The third kappa shape index (κ3) is 2.02. The minimum atomic E-state index is -0.0687. The molecule has 15 heavy (non-hydrogen) atoms. The van der Waals surface area contributed by atoms with Crippen molar-refractivity contribution in [2.45, 2.75) is 31.9 Å². The fourth-order valence-electron chi connectivity index (χ4n) is 1.74. The summed E-state index contributed by atoms with van der Waals surface area (Å²) >= 11 is 0. The van der Waals surface area contributed by atoms with E-state index in [1.165, 1.54) is 0 Å². The van der Waals surface area contributed by atoms with E-state index in [9.17, 15) is 0 Å². The molecular weight excluding hydrogens is 192 g/mol. The summed E-state index contributed by atoms with van der Waals surface area (Å²) in [5.74, 6) is 1.04. The van der Waals surface area contributed by atoms with Gasteiger partial charge in [0.2, 0.25) is 5.95 Å². The summed E-state index contributed by atoms with van der Waals surface area (Å²) in [6.45, 7) is 4.97. The van der Waals surface area contributed by atoms with Crippen molar-refractivity contribution in [1.29, 1.82) is 0 Å². The third-order valence-corrected chi connectivity index (χ3v) is 2.97. The van der Waals surface area contributed by atoms with Crippen LogP contribution >= 0.6 is 0 Å². The quantitative estimate of drug-likeness (QED) is 0.759. The van der Waals surface area contributed by atoms with Gasteiger partial charge in [0.15, 0.2) is 0 Å². The van der Waals surface area contributed by atoms with Crippen molar-refractivity contribution in [2.24, 2.45) is 0 Å². The normalized spacial score (nSPS) is 30.4. The van der Waals surface area contributed by atoms with Gasteiger partial charge in [-0.05, 0) is 26.3 Å². The predicted molar refractivity (Wildman–Crippen MR) is 58.5 cm³/mol. The molecule has 0 aromatic carbocycles. The van der Waals surface area contributed by atoms with Gasteiger partial charge in [-0.2, -0.15) is 4.98 Å². The van der Waals surface area contributed by atoms with Gasteiger partial charge in [0.05, 0.1) is 11.6 Å². The molecule has 2 atom stereocenters. The molecule has 1 aliphatic rings. The van der Waals surface area contributed by atoms with Crippen LogP contribution in [0.2, 0.25) is 0 Å². The van der Waals surface area contributed by atoms with Crippen molar-refractivity contribution in [2.75, 3.05) is 17.7 Å². The van der Waals surface area contributed by atoms with Crippen molar-refractivity contribution in [3.8, 4) is 0 Å². The number of nitrogens with two attached hydrogens (primary N) is 1.